The van der Waals surface area contributed by atoms with Crippen molar-refractivity contribution in [2.45, 2.75) is 53.1 Å². The van der Waals surface area contributed by atoms with Crippen molar-refractivity contribution < 1.29 is 0 Å². The summed E-state index contributed by atoms with van der Waals surface area (Å²) in [6, 6.07) is 0. The van der Waals surface area contributed by atoms with Crippen molar-refractivity contribution in [1.82, 2.24) is 0 Å². The molecule has 0 aromatic rings. The minimum Gasteiger partial charge on any atom is -0.126 e. The number of hydrogen-bond acceptors (Lipinski definition) is 0. The molecule has 0 heterocycles. The summed E-state index contributed by atoms with van der Waals surface area (Å²) in [5.41, 5.74) is 2.04. The molecular weight excluding hydrogens is 199 g/mol. The van der Waals surface area contributed by atoms with E-state index in [0.717, 1.165) is 6.42 Å². The molecule has 0 aromatic heterocycles. The molecule has 1 rings (SSSR count). The Morgan fingerprint density at radius 1 is 1.13 bits per heavy atom. The number of rotatable bonds is 0. The van der Waals surface area contributed by atoms with E-state index in [4.69, 9.17) is 0 Å². The van der Waals surface area contributed by atoms with Crippen LogP contribution < -0.4 is 0 Å². The molecule has 0 aromatic carbocycles. The first-order chi connectivity index (χ1) is 6.56. The van der Waals surface area contributed by atoms with E-state index in [0.29, 0.717) is 5.41 Å². The maximum absolute atomic E-state index is 3.04. The summed E-state index contributed by atoms with van der Waals surface area (Å²) in [6.45, 7) is 13.7. The molecule has 0 spiro atoms. The summed E-state index contributed by atoms with van der Waals surface area (Å²) in [5.74, 6) is 0. The lowest BCUT2D eigenvalue weighted by atomic mass is 9.72. The SMILES string of the molecule is CC(C)(C)C1=CCC(P)(C(C)(C)C)C=C1. The van der Waals surface area contributed by atoms with Crippen LogP contribution in [-0.2, 0) is 0 Å². The van der Waals surface area contributed by atoms with Gasteiger partial charge in [0.1, 0.15) is 0 Å². The molecule has 2 unspecified atom stereocenters. The number of hydrogen-bond donors (Lipinski definition) is 0. The summed E-state index contributed by atoms with van der Waals surface area (Å²) < 4.78 is 0. The molecule has 0 nitrogen and oxygen atoms in total. The Kier molecular flexibility index (Phi) is 3.23. The quantitative estimate of drug-likeness (QED) is 0.528. The second-order valence-electron chi connectivity index (χ2n) is 6.74. The summed E-state index contributed by atoms with van der Waals surface area (Å²) in [7, 11) is 3.04. The van der Waals surface area contributed by atoms with Gasteiger partial charge in [0.05, 0.1) is 0 Å². The van der Waals surface area contributed by atoms with E-state index in [9.17, 15) is 0 Å². The van der Waals surface area contributed by atoms with Crippen LogP contribution in [-0.4, -0.2) is 5.16 Å². The minimum atomic E-state index is 0.224. The van der Waals surface area contributed by atoms with Gasteiger partial charge in [0.25, 0.3) is 0 Å². The highest BCUT2D eigenvalue weighted by atomic mass is 31.0. The van der Waals surface area contributed by atoms with Crippen LogP contribution in [0, 0.1) is 10.8 Å². The third-order valence-corrected chi connectivity index (χ3v) is 4.78. The van der Waals surface area contributed by atoms with E-state index in [-0.39, 0.29) is 10.6 Å². The van der Waals surface area contributed by atoms with Gasteiger partial charge in [-0.3, -0.25) is 0 Å². The van der Waals surface area contributed by atoms with Crippen LogP contribution in [0.5, 0.6) is 0 Å². The van der Waals surface area contributed by atoms with E-state index in [1.54, 1.807) is 0 Å². The van der Waals surface area contributed by atoms with Gasteiger partial charge in [-0.05, 0) is 22.8 Å². The van der Waals surface area contributed by atoms with Gasteiger partial charge in [-0.15, -0.1) is 9.24 Å². The Labute approximate surface area is 97.4 Å². The average molecular weight is 224 g/mol. The Morgan fingerprint density at radius 3 is 1.93 bits per heavy atom. The molecule has 0 saturated heterocycles. The van der Waals surface area contributed by atoms with E-state index in [1.165, 1.54) is 5.57 Å². The zero-order chi connectivity index (χ0) is 11.9. The normalized spacial score (nSPS) is 27.8. The second-order valence-corrected chi connectivity index (χ2v) is 7.77. The molecule has 86 valence electrons. The molecule has 2 atom stereocenters. The smallest absolute Gasteiger partial charge is 0.0113 e. The van der Waals surface area contributed by atoms with Gasteiger partial charge in [0.15, 0.2) is 0 Å². The summed E-state index contributed by atoms with van der Waals surface area (Å²) in [5, 5.41) is 0.224. The third kappa shape index (κ3) is 2.72. The van der Waals surface area contributed by atoms with Gasteiger partial charge < -0.3 is 0 Å². The van der Waals surface area contributed by atoms with Crippen molar-refractivity contribution in [3.05, 3.63) is 23.8 Å². The zero-order valence-electron chi connectivity index (χ0n) is 11.0. The van der Waals surface area contributed by atoms with Gasteiger partial charge in [-0.2, -0.15) is 0 Å². The average Bonchev–Trinajstić information content (AvgIpc) is 2.01. The molecular formula is C14H25P. The molecule has 1 aliphatic rings. The molecule has 1 aliphatic carbocycles. The highest BCUT2D eigenvalue weighted by Crippen LogP contribution is 2.46. The molecule has 0 fully saturated rings. The van der Waals surface area contributed by atoms with Crippen LogP contribution in [0.4, 0.5) is 0 Å². The molecule has 0 N–H and O–H groups in total. The van der Waals surface area contributed by atoms with Crippen LogP contribution >= 0.6 is 9.24 Å². The molecule has 0 saturated carbocycles. The fourth-order valence-corrected chi connectivity index (χ4v) is 1.98. The fourth-order valence-electron chi connectivity index (χ4n) is 1.77. The van der Waals surface area contributed by atoms with Crippen molar-refractivity contribution in [3.8, 4) is 0 Å². The maximum Gasteiger partial charge on any atom is 0.0113 e. The monoisotopic (exact) mass is 224 g/mol. The van der Waals surface area contributed by atoms with Gasteiger partial charge in [-0.25, -0.2) is 0 Å². The van der Waals surface area contributed by atoms with Gasteiger partial charge in [-0.1, -0.05) is 59.8 Å². The van der Waals surface area contributed by atoms with Gasteiger partial charge in [0.2, 0.25) is 0 Å². The van der Waals surface area contributed by atoms with Crippen LogP contribution in [0.3, 0.4) is 0 Å². The minimum absolute atomic E-state index is 0.224. The first kappa shape index (κ1) is 13.0. The Bertz CT molecular complexity index is 296. The van der Waals surface area contributed by atoms with E-state index < -0.39 is 0 Å². The molecule has 0 aliphatic heterocycles. The van der Waals surface area contributed by atoms with Crippen molar-refractivity contribution >= 4 is 9.24 Å². The predicted octanol–water partition coefficient (Wildman–Crippen LogP) is 4.58. The number of allylic oxidation sites excluding steroid dienone is 4. The molecule has 1 heteroatoms. The van der Waals surface area contributed by atoms with E-state index >= 15 is 0 Å². The van der Waals surface area contributed by atoms with E-state index in [2.05, 4.69) is 69.0 Å². The summed E-state index contributed by atoms with van der Waals surface area (Å²) in [6.07, 6.45) is 8.21. The van der Waals surface area contributed by atoms with Crippen LogP contribution in [0.2, 0.25) is 0 Å². The first-order valence-corrected chi connectivity index (χ1v) is 6.33. The lowest BCUT2D eigenvalue weighted by Gasteiger charge is -2.41. The predicted molar refractivity (Wildman–Crippen MR) is 73.2 cm³/mol. The maximum atomic E-state index is 3.04. The Morgan fingerprint density at radius 2 is 1.67 bits per heavy atom. The van der Waals surface area contributed by atoms with Crippen molar-refractivity contribution in [2.75, 3.05) is 0 Å². The van der Waals surface area contributed by atoms with Gasteiger partial charge in [0, 0.05) is 5.16 Å². The lowest BCUT2D eigenvalue weighted by Crippen LogP contribution is -2.35. The van der Waals surface area contributed by atoms with Crippen molar-refractivity contribution in [3.63, 3.8) is 0 Å². The largest absolute Gasteiger partial charge is 0.126 e. The zero-order valence-corrected chi connectivity index (χ0v) is 12.2. The molecule has 0 amide bonds. The molecule has 0 bridgehead atoms. The van der Waals surface area contributed by atoms with Crippen LogP contribution in [0.1, 0.15) is 48.0 Å². The van der Waals surface area contributed by atoms with E-state index in [1.807, 2.05) is 0 Å². The lowest BCUT2D eigenvalue weighted by molar-refractivity contribution is 0.324. The summed E-state index contributed by atoms with van der Waals surface area (Å²) >= 11 is 0. The third-order valence-electron chi connectivity index (χ3n) is 3.48. The molecule has 0 radical (unpaired) electrons. The van der Waals surface area contributed by atoms with Crippen molar-refractivity contribution in [2.24, 2.45) is 10.8 Å². The van der Waals surface area contributed by atoms with Crippen molar-refractivity contribution in [1.29, 1.82) is 0 Å². The highest BCUT2D eigenvalue weighted by molar-refractivity contribution is 7.19. The fraction of sp³-hybridized carbons (Fsp3) is 0.714. The van der Waals surface area contributed by atoms with Gasteiger partial charge >= 0.3 is 0 Å². The Balaban J connectivity index is 2.90. The standard InChI is InChI=1S/C14H25P/c1-12(2,3)11-7-9-14(15,10-8-11)13(4,5)6/h7-9H,10,15H2,1-6H3. The molecule has 15 heavy (non-hydrogen) atoms. The summed E-state index contributed by atoms with van der Waals surface area (Å²) in [4.78, 5) is 0. The first-order valence-electron chi connectivity index (χ1n) is 5.75. The van der Waals surface area contributed by atoms with Crippen LogP contribution in [0.15, 0.2) is 23.8 Å². The van der Waals surface area contributed by atoms with Crippen LogP contribution in [0.25, 0.3) is 0 Å². The highest BCUT2D eigenvalue weighted by Gasteiger charge is 2.36. The topological polar surface area (TPSA) is 0 Å². The second kappa shape index (κ2) is 3.74. The Hall–Kier alpha value is -0.0900.